The van der Waals surface area contributed by atoms with Crippen molar-refractivity contribution >= 4 is 0 Å². The lowest BCUT2D eigenvalue weighted by molar-refractivity contribution is 0.402. The van der Waals surface area contributed by atoms with E-state index in [1.165, 1.54) is 11.3 Å². The molecule has 0 fully saturated rings. The van der Waals surface area contributed by atoms with Gasteiger partial charge in [0, 0.05) is 30.2 Å². The minimum absolute atomic E-state index is 0.0676. The van der Waals surface area contributed by atoms with E-state index in [-0.39, 0.29) is 5.56 Å². The minimum Gasteiger partial charge on any atom is -0.465 e. The topological polar surface area (TPSA) is 60.1 Å². The normalized spacial score (nSPS) is 16.4. The Balaban J connectivity index is 1.49. The van der Waals surface area contributed by atoms with Crippen LogP contribution in [0.1, 0.15) is 34.8 Å². The molecule has 3 aromatic rings. The van der Waals surface area contributed by atoms with E-state index in [1.807, 2.05) is 41.8 Å². The fourth-order valence-corrected chi connectivity index (χ4v) is 3.67. The number of hydrogen-bond donors (Lipinski definition) is 1. The zero-order valence-electron chi connectivity index (χ0n) is 14.9. The van der Waals surface area contributed by atoms with Crippen LogP contribution in [-0.2, 0) is 25.9 Å². The summed E-state index contributed by atoms with van der Waals surface area (Å²) in [7, 11) is 0. The van der Waals surface area contributed by atoms with Crippen molar-refractivity contribution in [2.24, 2.45) is 0 Å². The van der Waals surface area contributed by atoms with E-state index in [0.717, 1.165) is 42.9 Å². The highest BCUT2D eigenvalue weighted by atomic mass is 16.3. The van der Waals surface area contributed by atoms with Gasteiger partial charge in [-0.25, -0.2) is 0 Å². The Hall–Kier alpha value is -2.66. The number of nitrogens with zero attached hydrogens (tertiary/aromatic N) is 2. The number of aryl methyl sites for hydroxylation is 1. The van der Waals surface area contributed by atoms with Gasteiger partial charge in [-0.2, -0.15) is 0 Å². The third-order valence-electron chi connectivity index (χ3n) is 5.04. The molecule has 0 amide bonds. The largest absolute Gasteiger partial charge is 0.465 e. The van der Waals surface area contributed by atoms with Gasteiger partial charge in [-0.3, -0.25) is 9.78 Å². The van der Waals surface area contributed by atoms with Gasteiger partial charge in [0.05, 0.1) is 13.1 Å². The lowest BCUT2D eigenvalue weighted by atomic mass is 9.91. The molecule has 1 aliphatic carbocycles. The molecule has 3 heterocycles. The summed E-state index contributed by atoms with van der Waals surface area (Å²) < 4.78 is 7.55. The van der Waals surface area contributed by atoms with E-state index in [0.29, 0.717) is 12.6 Å². The van der Waals surface area contributed by atoms with Crippen molar-refractivity contribution in [3.8, 4) is 0 Å². The predicted octanol–water partition coefficient (Wildman–Crippen LogP) is 2.84. The standard InChI is InChI=1S/C21H23N3O2/c1-15-2-5-19(26-15)13-23-18-4-6-20-17(12-18)3-7-21(25)24(20)14-16-8-10-22-11-9-16/h2-3,5,7-11,18,23H,4,6,12-14H2,1H3/t18-/m1/s1. The summed E-state index contributed by atoms with van der Waals surface area (Å²) >= 11 is 0. The molecule has 0 unspecified atom stereocenters. The Labute approximate surface area is 152 Å². The van der Waals surface area contributed by atoms with Crippen molar-refractivity contribution < 1.29 is 4.42 Å². The second kappa shape index (κ2) is 7.30. The summed E-state index contributed by atoms with van der Waals surface area (Å²) in [6, 6.07) is 12.0. The van der Waals surface area contributed by atoms with Crippen LogP contribution in [0.2, 0.25) is 0 Å². The van der Waals surface area contributed by atoms with E-state index in [1.54, 1.807) is 18.5 Å². The fraction of sp³-hybridized carbons (Fsp3) is 0.333. The highest BCUT2D eigenvalue weighted by molar-refractivity contribution is 5.27. The maximum Gasteiger partial charge on any atom is 0.251 e. The Bertz CT molecular complexity index is 943. The number of nitrogens with one attached hydrogen (secondary N) is 1. The Morgan fingerprint density at radius 1 is 1.19 bits per heavy atom. The van der Waals surface area contributed by atoms with Gasteiger partial charge in [0.25, 0.3) is 5.56 Å². The lowest BCUT2D eigenvalue weighted by Gasteiger charge is -2.27. The molecule has 0 radical (unpaired) electrons. The van der Waals surface area contributed by atoms with Crippen LogP contribution in [0.4, 0.5) is 0 Å². The van der Waals surface area contributed by atoms with Crippen LogP contribution >= 0.6 is 0 Å². The molecule has 26 heavy (non-hydrogen) atoms. The number of furan rings is 1. The van der Waals surface area contributed by atoms with E-state index in [2.05, 4.69) is 10.3 Å². The second-order valence-electron chi connectivity index (χ2n) is 6.92. The fourth-order valence-electron chi connectivity index (χ4n) is 3.67. The molecule has 0 spiro atoms. The van der Waals surface area contributed by atoms with Crippen molar-refractivity contribution in [3.05, 3.63) is 87.5 Å². The van der Waals surface area contributed by atoms with Gasteiger partial charge in [0.2, 0.25) is 0 Å². The average Bonchev–Trinajstić information content (AvgIpc) is 3.08. The summed E-state index contributed by atoms with van der Waals surface area (Å²) in [5.41, 5.74) is 3.60. The molecular weight excluding hydrogens is 326 g/mol. The summed E-state index contributed by atoms with van der Waals surface area (Å²) in [6.45, 7) is 3.31. The molecule has 0 aromatic carbocycles. The van der Waals surface area contributed by atoms with Gasteiger partial charge < -0.3 is 14.3 Å². The summed E-state index contributed by atoms with van der Waals surface area (Å²) in [6.07, 6.45) is 6.40. The number of aromatic nitrogens is 2. The molecule has 3 aromatic heterocycles. The smallest absolute Gasteiger partial charge is 0.251 e. The first-order valence-corrected chi connectivity index (χ1v) is 9.08. The van der Waals surface area contributed by atoms with Crippen molar-refractivity contribution in [1.29, 1.82) is 0 Å². The highest BCUT2D eigenvalue weighted by Gasteiger charge is 2.21. The van der Waals surface area contributed by atoms with E-state index in [9.17, 15) is 4.79 Å². The molecule has 1 N–H and O–H groups in total. The molecule has 5 nitrogen and oxygen atoms in total. The van der Waals surface area contributed by atoms with E-state index in [4.69, 9.17) is 4.42 Å². The van der Waals surface area contributed by atoms with Crippen LogP contribution < -0.4 is 10.9 Å². The van der Waals surface area contributed by atoms with Gasteiger partial charge in [0.1, 0.15) is 11.5 Å². The molecule has 4 rings (SSSR count). The van der Waals surface area contributed by atoms with Crippen LogP contribution in [0.25, 0.3) is 0 Å². The zero-order chi connectivity index (χ0) is 17.9. The van der Waals surface area contributed by atoms with Crippen LogP contribution in [0.15, 0.2) is 58.0 Å². The minimum atomic E-state index is 0.0676. The number of hydrogen-bond acceptors (Lipinski definition) is 4. The number of pyridine rings is 2. The third-order valence-corrected chi connectivity index (χ3v) is 5.04. The van der Waals surface area contributed by atoms with Crippen LogP contribution in [0.3, 0.4) is 0 Å². The van der Waals surface area contributed by atoms with Gasteiger partial charge in [-0.05, 0) is 61.6 Å². The van der Waals surface area contributed by atoms with Crippen LogP contribution in [0, 0.1) is 6.92 Å². The first-order chi connectivity index (χ1) is 12.7. The summed E-state index contributed by atoms with van der Waals surface area (Å²) in [5, 5.41) is 3.59. The maximum absolute atomic E-state index is 12.4. The average molecular weight is 349 g/mol. The SMILES string of the molecule is Cc1ccc(CN[C@@H]2CCc3c(ccc(=O)n3Cc3ccncc3)C2)o1. The molecule has 1 aliphatic rings. The van der Waals surface area contributed by atoms with Gasteiger partial charge in [-0.15, -0.1) is 0 Å². The number of rotatable bonds is 5. The molecule has 5 heteroatoms. The van der Waals surface area contributed by atoms with E-state index >= 15 is 0 Å². The molecule has 0 aliphatic heterocycles. The van der Waals surface area contributed by atoms with Crippen molar-refractivity contribution in [2.45, 2.75) is 45.3 Å². The Morgan fingerprint density at radius 2 is 2.04 bits per heavy atom. The zero-order valence-corrected chi connectivity index (χ0v) is 14.9. The van der Waals surface area contributed by atoms with Crippen LogP contribution in [-0.4, -0.2) is 15.6 Å². The molecule has 0 saturated heterocycles. The van der Waals surface area contributed by atoms with Crippen LogP contribution in [0.5, 0.6) is 0 Å². The lowest BCUT2D eigenvalue weighted by Crippen LogP contribution is -2.37. The first kappa shape index (κ1) is 16.8. The maximum atomic E-state index is 12.4. The van der Waals surface area contributed by atoms with Gasteiger partial charge >= 0.3 is 0 Å². The van der Waals surface area contributed by atoms with Gasteiger partial charge in [0.15, 0.2) is 0 Å². The molecule has 1 atom stereocenters. The molecule has 0 saturated carbocycles. The monoisotopic (exact) mass is 349 g/mol. The molecule has 0 bridgehead atoms. The van der Waals surface area contributed by atoms with Crippen molar-refractivity contribution in [1.82, 2.24) is 14.9 Å². The molecule has 134 valence electrons. The third kappa shape index (κ3) is 3.63. The van der Waals surface area contributed by atoms with E-state index < -0.39 is 0 Å². The van der Waals surface area contributed by atoms with Crippen molar-refractivity contribution in [2.75, 3.05) is 0 Å². The van der Waals surface area contributed by atoms with Crippen molar-refractivity contribution in [3.63, 3.8) is 0 Å². The predicted molar refractivity (Wildman–Crippen MR) is 100 cm³/mol. The molecular formula is C21H23N3O2. The van der Waals surface area contributed by atoms with Gasteiger partial charge in [-0.1, -0.05) is 6.07 Å². The number of fused-ring (bicyclic) bond motifs is 1. The highest BCUT2D eigenvalue weighted by Crippen LogP contribution is 2.21. The first-order valence-electron chi connectivity index (χ1n) is 9.08. The summed E-state index contributed by atoms with van der Waals surface area (Å²) in [4.78, 5) is 16.5. The Morgan fingerprint density at radius 3 is 2.81 bits per heavy atom. The summed E-state index contributed by atoms with van der Waals surface area (Å²) in [5.74, 6) is 1.91. The quantitative estimate of drug-likeness (QED) is 0.769. The Kier molecular flexibility index (Phi) is 4.71. The second-order valence-corrected chi connectivity index (χ2v) is 6.92.